The minimum Gasteiger partial charge on any atom is -0.385 e. The van der Waals surface area contributed by atoms with E-state index in [0.29, 0.717) is 11.8 Å². The number of nitrogens with two attached hydrogens (primary N) is 1. The lowest BCUT2D eigenvalue weighted by molar-refractivity contribution is 0.138. The van der Waals surface area contributed by atoms with Crippen molar-refractivity contribution in [2.45, 2.75) is 44.7 Å². The van der Waals surface area contributed by atoms with Crippen LogP contribution in [0.2, 0.25) is 0 Å². The molecule has 16 heavy (non-hydrogen) atoms. The Hall–Kier alpha value is -1.50. The molecule has 1 aliphatic carbocycles. The number of rotatable bonds is 1. The van der Waals surface area contributed by atoms with Crippen LogP contribution < -0.4 is 5.73 Å². The van der Waals surface area contributed by atoms with Crippen molar-refractivity contribution >= 4 is 11.9 Å². The van der Waals surface area contributed by atoms with E-state index in [2.05, 4.69) is 17.8 Å². The second-order valence-electron chi connectivity index (χ2n) is 4.71. The number of terminal acetylenes is 1. The molecule has 1 saturated carbocycles. The number of carbonyl (C=O) groups excluding carboxylic acids is 1. The molecule has 1 heterocycles. The van der Waals surface area contributed by atoms with E-state index in [4.69, 9.17) is 12.2 Å². The molecule has 86 valence electrons. The molecule has 1 fully saturated rings. The largest absolute Gasteiger partial charge is 0.385 e. The summed E-state index contributed by atoms with van der Waals surface area (Å²) in [5.41, 5.74) is 5.54. The Bertz CT molecular complexity index is 396. The van der Waals surface area contributed by atoms with Crippen molar-refractivity contribution in [2.24, 2.45) is 16.6 Å². The molecular formula is C12H17N3O. The smallest absolute Gasteiger partial charge is 0.347 e. The predicted molar refractivity (Wildman–Crippen MR) is 62.9 cm³/mol. The van der Waals surface area contributed by atoms with Crippen molar-refractivity contribution in [3.8, 4) is 12.3 Å². The van der Waals surface area contributed by atoms with Crippen molar-refractivity contribution in [2.75, 3.05) is 0 Å². The van der Waals surface area contributed by atoms with Crippen molar-refractivity contribution in [1.29, 1.82) is 0 Å². The van der Waals surface area contributed by atoms with Gasteiger partial charge >= 0.3 is 6.03 Å². The van der Waals surface area contributed by atoms with Crippen molar-refractivity contribution in [3.05, 3.63) is 0 Å². The van der Waals surface area contributed by atoms with Crippen molar-refractivity contribution in [3.63, 3.8) is 0 Å². The van der Waals surface area contributed by atoms with E-state index in [1.807, 2.05) is 6.92 Å². The van der Waals surface area contributed by atoms with Crippen LogP contribution in [0.3, 0.4) is 0 Å². The maximum absolute atomic E-state index is 11.9. The molecule has 4 heteroatoms. The van der Waals surface area contributed by atoms with Crippen molar-refractivity contribution < 1.29 is 4.79 Å². The quantitative estimate of drug-likeness (QED) is 0.677. The fourth-order valence-corrected chi connectivity index (χ4v) is 3.03. The number of hydrogen-bond acceptors (Lipinski definition) is 2. The van der Waals surface area contributed by atoms with E-state index in [0.717, 1.165) is 19.3 Å². The van der Waals surface area contributed by atoms with Crippen molar-refractivity contribution in [1.82, 2.24) is 4.90 Å². The highest BCUT2D eigenvalue weighted by Gasteiger charge is 2.55. The van der Waals surface area contributed by atoms with Gasteiger partial charge in [0.25, 0.3) is 0 Å². The van der Waals surface area contributed by atoms with Crippen LogP contribution in [0.15, 0.2) is 4.99 Å². The van der Waals surface area contributed by atoms with E-state index in [-0.39, 0.29) is 12.1 Å². The molecule has 3 unspecified atom stereocenters. The highest BCUT2D eigenvalue weighted by atomic mass is 16.2. The monoisotopic (exact) mass is 219 g/mol. The second kappa shape index (κ2) is 3.51. The molecule has 0 bridgehead atoms. The zero-order valence-electron chi connectivity index (χ0n) is 9.73. The predicted octanol–water partition coefficient (Wildman–Crippen LogP) is 1.36. The lowest BCUT2D eigenvalue weighted by atomic mass is 9.85. The summed E-state index contributed by atoms with van der Waals surface area (Å²) >= 11 is 0. The van der Waals surface area contributed by atoms with Crippen LogP contribution in [0, 0.1) is 18.3 Å². The Labute approximate surface area is 95.9 Å². The molecule has 0 radical (unpaired) electrons. The Morgan fingerprint density at radius 1 is 1.75 bits per heavy atom. The minimum atomic E-state index is -0.414. The van der Waals surface area contributed by atoms with Gasteiger partial charge in [0.05, 0.1) is 6.04 Å². The molecule has 0 aromatic carbocycles. The molecule has 2 N–H and O–H groups in total. The van der Waals surface area contributed by atoms with E-state index >= 15 is 0 Å². The zero-order valence-corrected chi connectivity index (χ0v) is 9.73. The molecule has 2 amide bonds. The molecular weight excluding hydrogens is 202 g/mol. The van der Waals surface area contributed by atoms with Gasteiger partial charge in [0.15, 0.2) is 0 Å². The van der Waals surface area contributed by atoms with E-state index < -0.39 is 5.54 Å². The van der Waals surface area contributed by atoms with Crippen LogP contribution in [0.4, 0.5) is 4.79 Å². The molecule has 3 atom stereocenters. The van der Waals surface area contributed by atoms with Crippen LogP contribution >= 0.6 is 0 Å². The lowest BCUT2D eigenvalue weighted by Crippen LogP contribution is -2.58. The van der Waals surface area contributed by atoms with Gasteiger partial charge in [0, 0.05) is 0 Å². The third kappa shape index (κ3) is 1.18. The Morgan fingerprint density at radius 2 is 2.44 bits per heavy atom. The van der Waals surface area contributed by atoms with Gasteiger partial charge in [0.2, 0.25) is 0 Å². The standard InChI is InChI=1S/C12H17N3O/c1-4-9(3)15-11(16)14-10(13)12(15)7-5-6-8(12)2/h1,8-9H,5-7H2,2-3H3,(H2,13,14,16). The first-order chi connectivity index (χ1) is 7.54. The maximum Gasteiger partial charge on any atom is 0.347 e. The van der Waals surface area contributed by atoms with E-state index in [1.54, 1.807) is 4.90 Å². The third-order valence-corrected chi connectivity index (χ3v) is 3.93. The number of carbonyl (C=O) groups is 1. The first kappa shape index (κ1) is 11.0. The van der Waals surface area contributed by atoms with Gasteiger partial charge in [-0.3, -0.25) is 4.90 Å². The summed E-state index contributed by atoms with van der Waals surface area (Å²) in [6.07, 6.45) is 8.43. The molecule has 1 spiro atoms. The fourth-order valence-electron chi connectivity index (χ4n) is 3.03. The number of amidine groups is 1. The van der Waals surface area contributed by atoms with Gasteiger partial charge in [0.1, 0.15) is 11.4 Å². The van der Waals surface area contributed by atoms with Gasteiger partial charge < -0.3 is 5.73 Å². The average Bonchev–Trinajstić information content (AvgIpc) is 2.72. The molecule has 2 rings (SSSR count). The number of urea groups is 1. The summed E-state index contributed by atoms with van der Waals surface area (Å²) in [5, 5.41) is 0. The van der Waals surface area contributed by atoms with Gasteiger partial charge in [-0.2, -0.15) is 4.99 Å². The topological polar surface area (TPSA) is 58.7 Å². The average molecular weight is 219 g/mol. The molecule has 2 aliphatic rings. The van der Waals surface area contributed by atoms with E-state index in [9.17, 15) is 4.79 Å². The molecule has 0 saturated heterocycles. The van der Waals surface area contributed by atoms with Gasteiger partial charge in [-0.15, -0.1) is 6.42 Å². The molecule has 1 aliphatic heterocycles. The van der Waals surface area contributed by atoms with Gasteiger partial charge in [-0.25, -0.2) is 4.79 Å². The zero-order chi connectivity index (χ0) is 11.9. The molecule has 0 aromatic rings. The minimum absolute atomic E-state index is 0.252. The number of aliphatic imine (C=N–C) groups is 1. The maximum atomic E-state index is 11.9. The van der Waals surface area contributed by atoms with Gasteiger partial charge in [-0.1, -0.05) is 19.3 Å². The Kier molecular flexibility index (Phi) is 2.42. The van der Waals surface area contributed by atoms with Gasteiger partial charge in [-0.05, 0) is 25.7 Å². The van der Waals surface area contributed by atoms with Crippen LogP contribution in [-0.2, 0) is 0 Å². The molecule has 0 aromatic heterocycles. The first-order valence-electron chi connectivity index (χ1n) is 5.68. The summed E-state index contributed by atoms with van der Waals surface area (Å²) < 4.78 is 0. The number of nitrogens with zero attached hydrogens (tertiary/aromatic N) is 2. The normalized spacial score (nSPS) is 35.3. The Morgan fingerprint density at radius 3 is 2.94 bits per heavy atom. The fraction of sp³-hybridized carbons (Fsp3) is 0.667. The summed E-state index contributed by atoms with van der Waals surface area (Å²) in [4.78, 5) is 17.5. The summed E-state index contributed by atoms with van der Waals surface area (Å²) in [6.45, 7) is 3.96. The van der Waals surface area contributed by atoms with Crippen LogP contribution in [0.1, 0.15) is 33.1 Å². The highest BCUT2D eigenvalue weighted by molar-refractivity contribution is 6.06. The second-order valence-corrected chi connectivity index (χ2v) is 4.71. The summed E-state index contributed by atoms with van der Waals surface area (Å²) in [5.74, 6) is 3.39. The molecule has 4 nitrogen and oxygen atoms in total. The van der Waals surface area contributed by atoms with Crippen LogP contribution in [0.5, 0.6) is 0 Å². The first-order valence-corrected chi connectivity index (χ1v) is 5.68. The highest BCUT2D eigenvalue weighted by Crippen LogP contribution is 2.44. The third-order valence-electron chi connectivity index (χ3n) is 3.93. The summed E-state index contributed by atoms with van der Waals surface area (Å²) in [6, 6.07) is -0.533. The number of hydrogen-bond donors (Lipinski definition) is 1. The van der Waals surface area contributed by atoms with Crippen LogP contribution in [0.25, 0.3) is 0 Å². The SMILES string of the molecule is C#CC(C)N1C(=O)N=C(N)C12CCCC2C. The van der Waals surface area contributed by atoms with E-state index in [1.165, 1.54) is 0 Å². The lowest BCUT2D eigenvalue weighted by Gasteiger charge is -2.40. The number of amides is 2. The Balaban J connectivity index is 2.45. The summed E-state index contributed by atoms with van der Waals surface area (Å²) in [7, 11) is 0. The van der Waals surface area contributed by atoms with Crippen LogP contribution in [-0.4, -0.2) is 28.3 Å².